The van der Waals surface area contributed by atoms with E-state index >= 15 is 0 Å². The number of nitro benzene ring substituents is 1. The lowest BCUT2D eigenvalue weighted by molar-refractivity contribution is -0.384. The van der Waals surface area contributed by atoms with Crippen LogP contribution in [0, 0.1) is 10.1 Å². The molecule has 2 aromatic rings. The summed E-state index contributed by atoms with van der Waals surface area (Å²) in [6, 6.07) is 4.71. The van der Waals surface area contributed by atoms with Crippen LogP contribution < -0.4 is 10.2 Å². The summed E-state index contributed by atoms with van der Waals surface area (Å²) in [7, 11) is 0. The molecule has 0 radical (unpaired) electrons. The van der Waals surface area contributed by atoms with Crippen molar-refractivity contribution in [1.29, 1.82) is 0 Å². The van der Waals surface area contributed by atoms with Gasteiger partial charge in [-0.3, -0.25) is 19.7 Å². The summed E-state index contributed by atoms with van der Waals surface area (Å²) in [6.45, 7) is 3.70. The fourth-order valence-electron chi connectivity index (χ4n) is 2.99. The molecule has 1 saturated heterocycles. The highest BCUT2D eigenvalue weighted by molar-refractivity contribution is 6.32. The molecule has 0 bridgehead atoms. The van der Waals surface area contributed by atoms with E-state index < -0.39 is 16.9 Å². The van der Waals surface area contributed by atoms with Crippen molar-refractivity contribution >= 4 is 35.1 Å². The number of hydrogen-bond donors (Lipinski definition) is 1. The lowest BCUT2D eigenvalue weighted by Gasteiger charge is -2.35. The zero-order valence-corrected chi connectivity index (χ0v) is 16.4. The molecule has 2 amide bonds. The Morgan fingerprint density at radius 3 is 2.48 bits per heavy atom. The number of hydrogen-bond acceptors (Lipinski definition) is 7. The Morgan fingerprint density at radius 1 is 1.21 bits per heavy atom. The second-order valence-corrected chi connectivity index (χ2v) is 6.89. The predicted octanol–water partition coefficient (Wildman–Crippen LogP) is 1.51. The van der Waals surface area contributed by atoms with Gasteiger partial charge in [0.05, 0.1) is 4.92 Å². The molecule has 1 atom stereocenters. The Kier molecular flexibility index (Phi) is 6.23. The molecule has 1 aromatic carbocycles. The van der Waals surface area contributed by atoms with Crippen LogP contribution >= 0.6 is 11.6 Å². The third kappa shape index (κ3) is 4.77. The fraction of sp³-hybridized carbons (Fsp3) is 0.333. The minimum atomic E-state index is -0.781. The highest BCUT2D eigenvalue weighted by Crippen LogP contribution is 2.25. The first kappa shape index (κ1) is 20.5. The maximum atomic E-state index is 12.7. The van der Waals surface area contributed by atoms with Crippen LogP contribution in [-0.4, -0.2) is 63.8 Å². The van der Waals surface area contributed by atoms with E-state index in [0.29, 0.717) is 32.1 Å². The summed E-state index contributed by atoms with van der Waals surface area (Å²) in [4.78, 5) is 47.4. The molecule has 0 spiro atoms. The number of carbonyl (C=O) groups is 2. The number of nitro groups is 1. The van der Waals surface area contributed by atoms with E-state index in [-0.39, 0.29) is 22.2 Å². The first-order chi connectivity index (χ1) is 13.9. The van der Waals surface area contributed by atoms with Crippen molar-refractivity contribution in [2.45, 2.75) is 13.0 Å². The van der Waals surface area contributed by atoms with Crippen LogP contribution in [0.5, 0.6) is 0 Å². The zero-order valence-electron chi connectivity index (χ0n) is 15.6. The first-order valence-electron chi connectivity index (χ1n) is 8.92. The third-order valence-corrected chi connectivity index (χ3v) is 4.87. The molecule has 2 heterocycles. The Hall–Kier alpha value is -3.27. The standard InChI is InChI=1S/C18H19ClN6O4/c1-12(22-16(26)13-3-4-14(19)15(11-13)25(28)29)17(27)23-7-9-24(10-8-23)18-20-5-2-6-21-18/h2-6,11-12H,7-10H2,1H3,(H,22,26). The molecule has 1 aliphatic rings. The molecule has 29 heavy (non-hydrogen) atoms. The largest absolute Gasteiger partial charge is 0.341 e. The molecular formula is C18H19ClN6O4. The molecular weight excluding hydrogens is 400 g/mol. The van der Waals surface area contributed by atoms with Crippen molar-refractivity contribution in [1.82, 2.24) is 20.2 Å². The van der Waals surface area contributed by atoms with Gasteiger partial charge in [0.15, 0.2) is 0 Å². The van der Waals surface area contributed by atoms with Gasteiger partial charge in [0.25, 0.3) is 11.6 Å². The number of amides is 2. The maximum Gasteiger partial charge on any atom is 0.288 e. The molecule has 11 heteroatoms. The Labute approximate surface area is 171 Å². The van der Waals surface area contributed by atoms with Gasteiger partial charge in [-0.05, 0) is 25.1 Å². The highest BCUT2D eigenvalue weighted by atomic mass is 35.5. The van der Waals surface area contributed by atoms with Crippen molar-refractivity contribution in [3.8, 4) is 0 Å². The quantitative estimate of drug-likeness (QED) is 0.576. The Balaban J connectivity index is 1.58. The first-order valence-corrected chi connectivity index (χ1v) is 9.30. The predicted molar refractivity (Wildman–Crippen MR) is 106 cm³/mol. The van der Waals surface area contributed by atoms with E-state index in [1.54, 1.807) is 30.3 Å². The van der Waals surface area contributed by atoms with E-state index in [0.717, 1.165) is 6.07 Å². The lowest BCUT2D eigenvalue weighted by atomic mass is 10.1. The molecule has 3 rings (SSSR count). The van der Waals surface area contributed by atoms with E-state index in [1.165, 1.54) is 12.1 Å². The number of nitrogens with one attached hydrogen (secondary N) is 1. The number of benzene rings is 1. The monoisotopic (exact) mass is 418 g/mol. The number of carbonyl (C=O) groups excluding carboxylic acids is 2. The summed E-state index contributed by atoms with van der Waals surface area (Å²) in [5.74, 6) is -0.192. The van der Waals surface area contributed by atoms with E-state index in [1.807, 2.05) is 4.90 Å². The van der Waals surface area contributed by atoms with Crippen molar-refractivity contribution in [2.75, 3.05) is 31.1 Å². The van der Waals surface area contributed by atoms with E-state index in [4.69, 9.17) is 11.6 Å². The summed E-state index contributed by atoms with van der Waals surface area (Å²) in [6.07, 6.45) is 3.33. The molecule has 152 valence electrons. The van der Waals surface area contributed by atoms with Gasteiger partial charge in [0.2, 0.25) is 11.9 Å². The maximum absolute atomic E-state index is 12.7. The molecule has 1 unspecified atom stereocenters. The Bertz CT molecular complexity index is 918. The van der Waals surface area contributed by atoms with Crippen molar-refractivity contribution < 1.29 is 14.5 Å². The second kappa shape index (κ2) is 8.82. The molecule has 10 nitrogen and oxygen atoms in total. The fourth-order valence-corrected chi connectivity index (χ4v) is 3.18. The Morgan fingerprint density at radius 2 is 1.86 bits per heavy atom. The van der Waals surface area contributed by atoms with Crippen LogP contribution in [0.25, 0.3) is 0 Å². The smallest absolute Gasteiger partial charge is 0.288 e. The molecule has 1 fully saturated rings. The van der Waals surface area contributed by atoms with Crippen LogP contribution in [0.15, 0.2) is 36.7 Å². The van der Waals surface area contributed by atoms with Crippen molar-refractivity contribution in [2.24, 2.45) is 0 Å². The molecule has 1 aliphatic heterocycles. The normalized spacial score (nSPS) is 15.0. The van der Waals surface area contributed by atoms with Crippen molar-refractivity contribution in [3.05, 3.63) is 57.4 Å². The number of piperazine rings is 1. The third-order valence-electron chi connectivity index (χ3n) is 4.55. The SMILES string of the molecule is CC(NC(=O)c1ccc(Cl)c([N+](=O)[O-])c1)C(=O)N1CCN(c2ncccn2)CC1. The van der Waals surface area contributed by atoms with Gasteiger partial charge in [-0.15, -0.1) is 0 Å². The minimum absolute atomic E-state index is 0.0593. The van der Waals surface area contributed by atoms with Gasteiger partial charge in [0, 0.05) is 50.2 Å². The van der Waals surface area contributed by atoms with Crippen LogP contribution in [-0.2, 0) is 4.79 Å². The van der Waals surface area contributed by atoms with Crippen LogP contribution in [0.1, 0.15) is 17.3 Å². The molecule has 1 aromatic heterocycles. The number of nitrogens with zero attached hydrogens (tertiary/aromatic N) is 5. The number of anilines is 1. The van der Waals surface area contributed by atoms with Crippen LogP contribution in [0.2, 0.25) is 5.02 Å². The average molecular weight is 419 g/mol. The van der Waals surface area contributed by atoms with Crippen LogP contribution in [0.3, 0.4) is 0 Å². The summed E-state index contributed by atoms with van der Waals surface area (Å²) < 4.78 is 0. The van der Waals surface area contributed by atoms with Gasteiger partial charge in [-0.1, -0.05) is 11.6 Å². The topological polar surface area (TPSA) is 122 Å². The molecule has 0 saturated carbocycles. The number of halogens is 1. The van der Waals surface area contributed by atoms with Gasteiger partial charge in [-0.2, -0.15) is 0 Å². The average Bonchev–Trinajstić information content (AvgIpc) is 2.74. The number of rotatable bonds is 5. The van der Waals surface area contributed by atoms with E-state index in [9.17, 15) is 19.7 Å². The summed E-state index contributed by atoms with van der Waals surface area (Å²) in [5, 5.41) is 13.5. The molecule has 0 aliphatic carbocycles. The van der Waals surface area contributed by atoms with Gasteiger partial charge >= 0.3 is 0 Å². The number of aromatic nitrogens is 2. The van der Waals surface area contributed by atoms with Gasteiger partial charge < -0.3 is 15.1 Å². The highest BCUT2D eigenvalue weighted by Gasteiger charge is 2.27. The van der Waals surface area contributed by atoms with Crippen molar-refractivity contribution in [3.63, 3.8) is 0 Å². The summed E-state index contributed by atoms with van der Waals surface area (Å²) in [5.41, 5.74) is -0.302. The van der Waals surface area contributed by atoms with Crippen LogP contribution in [0.4, 0.5) is 11.6 Å². The van der Waals surface area contributed by atoms with Gasteiger partial charge in [0.1, 0.15) is 11.1 Å². The lowest BCUT2D eigenvalue weighted by Crippen LogP contribution is -2.54. The zero-order chi connectivity index (χ0) is 21.0. The minimum Gasteiger partial charge on any atom is -0.341 e. The molecule has 1 N–H and O–H groups in total. The van der Waals surface area contributed by atoms with E-state index in [2.05, 4.69) is 15.3 Å². The van der Waals surface area contributed by atoms with Gasteiger partial charge in [-0.25, -0.2) is 9.97 Å². The second-order valence-electron chi connectivity index (χ2n) is 6.48. The summed E-state index contributed by atoms with van der Waals surface area (Å²) >= 11 is 5.76.